The van der Waals surface area contributed by atoms with E-state index in [0.717, 1.165) is 20.9 Å². The van der Waals surface area contributed by atoms with Gasteiger partial charge in [-0.2, -0.15) is 0 Å². The summed E-state index contributed by atoms with van der Waals surface area (Å²) < 4.78 is 10.6. The number of para-hydroxylation sites is 1. The van der Waals surface area contributed by atoms with E-state index in [1.165, 1.54) is 0 Å². The molecule has 0 unspecified atom stereocenters. The minimum absolute atomic E-state index is 0.0678. The first-order valence-corrected chi connectivity index (χ1v) is 7.43. The Labute approximate surface area is 128 Å². The maximum absolute atomic E-state index is 12.2. The molecule has 2 rings (SSSR count). The summed E-state index contributed by atoms with van der Waals surface area (Å²) in [7, 11) is 3.19. The van der Waals surface area contributed by atoms with E-state index in [1.54, 1.807) is 25.6 Å². The zero-order valence-corrected chi connectivity index (χ0v) is 13.5. The van der Waals surface area contributed by atoms with E-state index in [-0.39, 0.29) is 5.91 Å². The normalized spacial score (nSPS) is 10.3. The predicted octanol–water partition coefficient (Wildman–Crippen LogP) is 3.31. The monoisotopic (exact) mass is 305 g/mol. The quantitative estimate of drug-likeness (QED) is 0.922. The molecule has 0 radical (unpaired) electrons. The van der Waals surface area contributed by atoms with Crippen LogP contribution in [0.25, 0.3) is 0 Å². The van der Waals surface area contributed by atoms with E-state index in [9.17, 15) is 4.79 Å². The molecule has 1 aromatic heterocycles. The Hall–Kier alpha value is -2.01. The van der Waals surface area contributed by atoms with Gasteiger partial charge in [-0.05, 0) is 26.0 Å². The average molecular weight is 305 g/mol. The first kappa shape index (κ1) is 15.4. The van der Waals surface area contributed by atoms with Crippen molar-refractivity contribution in [2.24, 2.45) is 0 Å². The molecular formula is C16H19NO3S. The largest absolute Gasteiger partial charge is 0.493 e. The second-order valence-corrected chi connectivity index (χ2v) is 6.12. The summed E-state index contributed by atoms with van der Waals surface area (Å²) in [5.74, 6) is 1.24. The molecule has 0 saturated heterocycles. The van der Waals surface area contributed by atoms with Gasteiger partial charge in [-0.3, -0.25) is 4.79 Å². The highest BCUT2D eigenvalue weighted by atomic mass is 32.1. The van der Waals surface area contributed by atoms with Crippen molar-refractivity contribution in [2.45, 2.75) is 20.4 Å². The van der Waals surface area contributed by atoms with Gasteiger partial charge in [0.2, 0.25) is 0 Å². The van der Waals surface area contributed by atoms with Crippen LogP contribution in [0.4, 0.5) is 0 Å². The number of carbonyl (C=O) groups excluding carboxylic acids is 1. The van der Waals surface area contributed by atoms with Crippen molar-refractivity contribution in [2.75, 3.05) is 14.2 Å². The molecule has 0 aliphatic carbocycles. The molecule has 2 aromatic rings. The van der Waals surface area contributed by atoms with Crippen molar-refractivity contribution in [1.29, 1.82) is 0 Å². The summed E-state index contributed by atoms with van der Waals surface area (Å²) in [4.78, 5) is 14.4. The number of benzene rings is 1. The number of hydrogen-bond donors (Lipinski definition) is 1. The van der Waals surface area contributed by atoms with Crippen molar-refractivity contribution < 1.29 is 14.3 Å². The Bertz CT molecular complexity index is 649. The summed E-state index contributed by atoms with van der Waals surface area (Å²) in [5.41, 5.74) is 1.62. The standard InChI is InChI=1S/C16H19NO3S/c1-10-8-13(11(2)21-10)16(18)17-9-12-6-5-7-14(19-3)15(12)20-4/h5-8H,9H2,1-4H3,(H,17,18). The van der Waals surface area contributed by atoms with Crippen LogP contribution in [0, 0.1) is 13.8 Å². The van der Waals surface area contributed by atoms with Gasteiger partial charge in [0.1, 0.15) is 0 Å². The minimum atomic E-state index is -0.0678. The van der Waals surface area contributed by atoms with Crippen LogP contribution in [-0.4, -0.2) is 20.1 Å². The maximum atomic E-state index is 12.2. The summed E-state index contributed by atoms with van der Waals surface area (Å²) in [5, 5.41) is 2.93. The smallest absolute Gasteiger partial charge is 0.252 e. The lowest BCUT2D eigenvalue weighted by atomic mass is 10.1. The fourth-order valence-corrected chi connectivity index (χ4v) is 3.14. The maximum Gasteiger partial charge on any atom is 0.252 e. The summed E-state index contributed by atoms with van der Waals surface area (Å²) in [6, 6.07) is 7.53. The van der Waals surface area contributed by atoms with Crippen LogP contribution in [-0.2, 0) is 6.54 Å². The third-order valence-electron chi connectivity index (χ3n) is 3.21. The van der Waals surface area contributed by atoms with Gasteiger partial charge in [-0.1, -0.05) is 12.1 Å². The second kappa shape index (κ2) is 6.63. The third-order valence-corrected chi connectivity index (χ3v) is 4.18. The number of hydrogen-bond acceptors (Lipinski definition) is 4. The van der Waals surface area contributed by atoms with Crippen molar-refractivity contribution in [3.63, 3.8) is 0 Å². The number of carbonyl (C=O) groups is 1. The summed E-state index contributed by atoms with van der Waals surface area (Å²) in [6.07, 6.45) is 0. The number of aryl methyl sites for hydroxylation is 2. The second-order valence-electron chi connectivity index (χ2n) is 4.66. The number of amides is 1. The molecule has 1 amide bonds. The van der Waals surface area contributed by atoms with Crippen LogP contribution in [0.5, 0.6) is 11.5 Å². The van der Waals surface area contributed by atoms with Crippen LogP contribution < -0.4 is 14.8 Å². The van der Waals surface area contributed by atoms with Crippen molar-refractivity contribution in [3.8, 4) is 11.5 Å². The molecule has 0 bridgehead atoms. The highest BCUT2D eigenvalue weighted by Crippen LogP contribution is 2.30. The van der Waals surface area contributed by atoms with Gasteiger partial charge < -0.3 is 14.8 Å². The Kier molecular flexibility index (Phi) is 4.85. The van der Waals surface area contributed by atoms with Gasteiger partial charge in [0.15, 0.2) is 11.5 Å². The topological polar surface area (TPSA) is 47.6 Å². The first-order valence-electron chi connectivity index (χ1n) is 6.62. The molecule has 0 atom stereocenters. The molecule has 0 spiro atoms. The van der Waals surface area contributed by atoms with Gasteiger partial charge in [-0.15, -0.1) is 11.3 Å². The molecule has 0 aliphatic heterocycles. The van der Waals surface area contributed by atoms with Crippen molar-refractivity contribution >= 4 is 17.2 Å². The minimum Gasteiger partial charge on any atom is -0.493 e. The molecule has 0 saturated carbocycles. The Morgan fingerprint density at radius 3 is 2.57 bits per heavy atom. The lowest BCUT2D eigenvalue weighted by Gasteiger charge is -2.13. The van der Waals surface area contributed by atoms with Crippen molar-refractivity contribution in [1.82, 2.24) is 5.32 Å². The molecular weight excluding hydrogens is 286 g/mol. The van der Waals surface area contributed by atoms with Crippen LogP contribution in [0.15, 0.2) is 24.3 Å². The highest BCUT2D eigenvalue weighted by Gasteiger charge is 2.14. The van der Waals surface area contributed by atoms with E-state index < -0.39 is 0 Å². The van der Waals surface area contributed by atoms with Gasteiger partial charge in [0, 0.05) is 21.9 Å². The molecule has 4 nitrogen and oxygen atoms in total. The van der Waals surface area contributed by atoms with E-state index in [2.05, 4.69) is 5.32 Å². The van der Waals surface area contributed by atoms with Crippen LogP contribution in [0.1, 0.15) is 25.7 Å². The molecule has 1 aromatic carbocycles. The van der Waals surface area contributed by atoms with E-state index >= 15 is 0 Å². The number of rotatable bonds is 5. The number of methoxy groups -OCH3 is 2. The zero-order chi connectivity index (χ0) is 15.4. The van der Waals surface area contributed by atoms with Crippen LogP contribution in [0.2, 0.25) is 0 Å². The molecule has 1 N–H and O–H groups in total. The van der Waals surface area contributed by atoms with Gasteiger partial charge in [-0.25, -0.2) is 0 Å². The molecule has 21 heavy (non-hydrogen) atoms. The fraction of sp³-hybridized carbons (Fsp3) is 0.312. The Morgan fingerprint density at radius 1 is 1.24 bits per heavy atom. The number of ether oxygens (including phenoxy) is 2. The van der Waals surface area contributed by atoms with E-state index in [0.29, 0.717) is 18.0 Å². The number of thiophene rings is 1. The SMILES string of the molecule is COc1cccc(CNC(=O)c2cc(C)sc2C)c1OC. The highest BCUT2D eigenvalue weighted by molar-refractivity contribution is 7.12. The van der Waals surface area contributed by atoms with Crippen LogP contribution in [0.3, 0.4) is 0 Å². The van der Waals surface area contributed by atoms with Crippen molar-refractivity contribution in [3.05, 3.63) is 45.1 Å². The predicted molar refractivity (Wildman–Crippen MR) is 84.5 cm³/mol. The lowest BCUT2D eigenvalue weighted by Crippen LogP contribution is -2.23. The molecule has 0 fully saturated rings. The fourth-order valence-electron chi connectivity index (χ4n) is 2.22. The van der Waals surface area contributed by atoms with Gasteiger partial charge in [0.05, 0.1) is 19.8 Å². The first-order chi connectivity index (χ1) is 10.1. The average Bonchev–Trinajstić information content (AvgIpc) is 2.82. The molecule has 0 aliphatic rings. The Balaban J connectivity index is 2.13. The molecule has 112 valence electrons. The molecule has 1 heterocycles. The van der Waals surface area contributed by atoms with Gasteiger partial charge >= 0.3 is 0 Å². The van der Waals surface area contributed by atoms with E-state index in [4.69, 9.17) is 9.47 Å². The van der Waals surface area contributed by atoms with E-state index in [1.807, 2.05) is 38.1 Å². The summed E-state index contributed by atoms with van der Waals surface area (Å²) >= 11 is 1.63. The Morgan fingerprint density at radius 2 is 2.00 bits per heavy atom. The van der Waals surface area contributed by atoms with Gasteiger partial charge in [0.25, 0.3) is 5.91 Å². The summed E-state index contributed by atoms with van der Waals surface area (Å²) in [6.45, 7) is 4.35. The number of nitrogens with one attached hydrogen (secondary N) is 1. The zero-order valence-electron chi connectivity index (χ0n) is 12.6. The lowest BCUT2D eigenvalue weighted by molar-refractivity contribution is 0.0950. The molecule has 5 heteroatoms. The third kappa shape index (κ3) is 3.36. The van der Waals surface area contributed by atoms with Crippen LogP contribution >= 0.6 is 11.3 Å².